The first kappa shape index (κ1) is 26.3. The van der Waals surface area contributed by atoms with Crippen molar-refractivity contribution in [3.8, 4) is 5.75 Å². The van der Waals surface area contributed by atoms with Gasteiger partial charge in [0.25, 0.3) is 5.91 Å². The molecule has 3 rings (SSSR count). The number of imide groups is 1. The molecule has 0 radical (unpaired) electrons. The standard InChI is InChI=1S/C25H38N4O4S/c1-3-4-5-6-7-8-9-13-16-34-25-26-22-21(23(31)27-24(32)28(22)2)29(25)17-19(30)18-33-20-14-11-10-12-15-20/h10-12,14-15,19,21-22,30H,3-9,13,16-18H2,1-2H3,(H,27,31,32). The van der Waals surface area contributed by atoms with Gasteiger partial charge in [0.05, 0.1) is 6.54 Å². The monoisotopic (exact) mass is 490 g/mol. The number of β-amino-alcohol motifs (C(OH)–C–C–N with tert-alkyl or cyclic N) is 1. The number of urea groups is 1. The second-order valence-electron chi connectivity index (χ2n) is 8.93. The number of amidine groups is 1. The van der Waals surface area contributed by atoms with E-state index in [0.29, 0.717) is 10.9 Å². The molecule has 1 aromatic carbocycles. The maximum absolute atomic E-state index is 12.7. The van der Waals surface area contributed by atoms with Gasteiger partial charge in [-0.05, 0) is 18.6 Å². The molecule has 2 N–H and O–H groups in total. The summed E-state index contributed by atoms with van der Waals surface area (Å²) >= 11 is 1.60. The van der Waals surface area contributed by atoms with E-state index in [1.54, 1.807) is 18.8 Å². The quantitative estimate of drug-likeness (QED) is 0.385. The molecule has 1 saturated heterocycles. The zero-order chi connectivity index (χ0) is 24.3. The summed E-state index contributed by atoms with van der Waals surface area (Å²) in [6.07, 6.45) is 8.58. The van der Waals surface area contributed by atoms with Crippen molar-refractivity contribution in [2.45, 2.75) is 76.6 Å². The second kappa shape index (κ2) is 13.6. The number of para-hydroxylation sites is 1. The number of amides is 3. The highest BCUT2D eigenvalue weighted by Crippen LogP contribution is 2.29. The van der Waals surface area contributed by atoms with Crippen LogP contribution in [-0.4, -0.2) is 76.3 Å². The number of ether oxygens (including phenoxy) is 1. The van der Waals surface area contributed by atoms with Crippen molar-refractivity contribution in [2.75, 3.05) is 26.0 Å². The number of aliphatic hydroxyl groups is 1. The first-order valence-corrected chi connectivity index (χ1v) is 13.4. The average Bonchev–Trinajstić information content (AvgIpc) is 3.19. The molecule has 0 aromatic heterocycles. The van der Waals surface area contributed by atoms with Crippen LogP contribution in [0.3, 0.4) is 0 Å². The smallest absolute Gasteiger partial charge is 0.325 e. The first-order chi connectivity index (χ1) is 16.5. The van der Waals surface area contributed by atoms with E-state index in [-0.39, 0.29) is 19.1 Å². The molecule has 2 heterocycles. The Morgan fingerprint density at radius 2 is 1.76 bits per heavy atom. The summed E-state index contributed by atoms with van der Waals surface area (Å²) in [4.78, 5) is 32.8. The number of unbranched alkanes of at least 4 members (excludes halogenated alkanes) is 7. The number of likely N-dealkylation sites (N-methyl/N-ethyl adjacent to an activating group) is 1. The maximum Gasteiger partial charge on any atom is 0.325 e. The van der Waals surface area contributed by atoms with Crippen molar-refractivity contribution >= 4 is 28.9 Å². The fourth-order valence-electron chi connectivity index (χ4n) is 4.20. The largest absolute Gasteiger partial charge is 0.491 e. The van der Waals surface area contributed by atoms with Crippen LogP contribution in [-0.2, 0) is 4.79 Å². The summed E-state index contributed by atoms with van der Waals surface area (Å²) in [5.41, 5.74) is 0. The minimum Gasteiger partial charge on any atom is -0.491 e. The molecule has 0 spiro atoms. The highest BCUT2D eigenvalue weighted by atomic mass is 32.2. The van der Waals surface area contributed by atoms with Gasteiger partial charge in [0.2, 0.25) is 0 Å². The number of nitrogens with zero attached hydrogens (tertiary/aromatic N) is 3. The average molecular weight is 491 g/mol. The number of nitrogens with one attached hydrogen (secondary N) is 1. The molecule has 34 heavy (non-hydrogen) atoms. The van der Waals surface area contributed by atoms with Gasteiger partial charge in [0.1, 0.15) is 18.5 Å². The van der Waals surface area contributed by atoms with E-state index in [0.717, 1.165) is 12.2 Å². The molecular weight excluding hydrogens is 452 g/mol. The van der Waals surface area contributed by atoms with Crippen molar-refractivity contribution in [2.24, 2.45) is 4.99 Å². The van der Waals surface area contributed by atoms with E-state index < -0.39 is 24.3 Å². The topological polar surface area (TPSA) is 94.5 Å². The van der Waals surface area contributed by atoms with E-state index in [4.69, 9.17) is 9.73 Å². The van der Waals surface area contributed by atoms with Crippen molar-refractivity contribution < 1.29 is 19.4 Å². The third-order valence-corrected chi connectivity index (χ3v) is 7.24. The van der Waals surface area contributed by atoms with Crippen LogP contribution in [0.4, 0.5) is 4.79 Å². The molecule has 2 aliphatic heterocycles. The Hall–Kier alpha value is -2.26. The first-order valence-electron chi connectivity index (χ1n) is 12.4. The number of rotatable bonds is 14. The number of thioether (sulfide) groups is 1. The molecule has 8 nitrogen and oxygen atoms in total. The van der Waals surface area contributed by atoms with Gasteiger partial charge in [-0.2, -0.15) is 0 Å². The summed E-state index contributed by atoms with van der Waals surface area (Å²) in [5, 5.41) is 13.8. The predicted molar refractivity (Wildman–Crippen MR) is 136 cm³/mol. The lowest BCUT2D eigenvalue weighted by molar-refractivity contribution is -0.127. The molecule has 188 valence electrons. The Morgan fingerprint density at radius 1 is 1.09 bits per heavy atom. The predicted octanol–water partition coefficient (Wildman–Crippen LogP) is 3.85. The van der Waals surface area contributed by atoms with E-state index in [9.17, 15) is 14.7 Å². The highest BCUT2D eigenvalue weighted by molar-refractivity contribution is 8.13. The summed E-state index contributed by atoms with van der Waals surface area (Å²) < 4.78 is 5.69. The Morgan fingerprint density at radius 3 is 2.47 bits per heavy atom. The minimum atomic E-state index is -0.816. The third-order valence-electron chi connectivity index (χ3n) is 6.14. The fourth-order valence-corrected chi connectivity index (χ4v) is 5.27. The van der Waals surface area contributed by atoms with Crippen molar-refractivity contribution in [1.29, 1.82) is 0 Å². The molecule has 0 bridgehead atoms. The van der Waals surface area contributed by atoms with Crippen LogP contribution in [0.15, 0.2) is 35.3 Å². The SMILES string of the molecule is CCCCCCCCCCSC1=NC2C(C(=O)NC(=O)N2C)N1CC(O)COc1ccccc1. The summed E-state index contributed by atoms with van der Waals surface area (Å²) in [5.74, 6) is 1.19. The molecule has 2 aliphatic rings. The molecule has 1 aromatic rings. The van der Waals surface area contributed by atoms with Gasteiger partial charge < -0.3 is 19.6 Å². The number of carbonyl (C=O) groups is 2. The number of hydrogen-bond donors (Lipinski definition) is 2. The van der Waals surface area contributed by atoms with Gasteiger partial charge in [-0.15, -0.1) is 0 Å². The number of hydrogen-bond acceptors (Lipinski definition) is 7. The van der Waals surface area contributed by atoms with Crippen LogP contribution in [0.2, 0.25) is 0 Å². The Balaban J connectivity index is 1.53. The normalized spacial score (nSPS) is 20.7. The number of carbonyl (C=O) groups excluding carboxylic acids is 2. The number of benzene rings is 1. The highest BCUT2D eigenvalue weighted by Gasteiger charge is 2.48. The fraction of sp³-hybridized carbons (Fsp3) is 0.640. The lowest BCUT2D eigenvalue weighted by Crippen LogP contribution is -2.64. The van der Waals surface area contributed by atoms with E-state index >= 15 is 0 Å². The molecule has 3 amide bonds. The van der Waals surface area contributed by atoms with Crippen molar-refractivity contribution in [1.82, 2.24) is 15.1 Å². The third kappa shape index (κ3) is 7.37. The van der Waals surface area contributed by atoms with Crippen LogP contribution in [0.25, 0.3) is 0 Å². The summed E-state index contributed by atoms with van der Waals surface area (Å²) in [6.45, 7) is 2.53. The van der Waals surface area contributed by atoms with Gasteiger partial charge >= 0.3 is 6.03 Å². The van der Waals surface area contributed by atoms with Crippen LogP contribution >= 0.6 is 11.8 Å². The second-order valence-corrected chi connectivity index (χ2v) is 9.99. The van der Waals surface area contributed by atoms with Gasteiger partial charge in [-0.1, -0.05) is 81.8 Å². The lowest BCUT2D eigenvalue weighted by Gasteiger charge is -2.36. The van der Waals surface area contributed by atoms with E-state index in [2.05, 4.69) is 12.2 Å². The Kier molecular flexibility index (Phi) is 10.5. The zero-order valence-corrected chi connectivity index (χ0v) is 21.1. The van der Waals surface area contributed by atoms with Gasteiger partial charge in [-0.25, -0.2) is 9.79 Å². The lowest BCUT2D eigenvalue weighted by atomic mass is 10.1. The van der Waals surface area contributed by atoms with Crippen LogP contribution < -0.4 is 10.1 Å². The number of aliphatic imine (C=N–C) groups is 1. The Labute approximate surface area is 207 Å². The van der Waals surface area contributed by atoms with Crippen molar-refractivity contribution in [3.05, 3.63) is 30.3 Å². The number of aliphatic hydroxyl groups excluding tert-OH is 1. The zero-order valence-electron chi connectivity index (χ0n) is 20.3. The van der Waals surface area contributed by atoms with E-state index in [1.807, 2.05) is 35.2 Å². The molecular formula is C25H38N4O4S. The van der Waals surface area contributed by atoms with E-state index in [1.165, 1.54) is 49.8 Å². The van der Waals surface area contributed by atoms with Gasteiger partial charge in [0, 0.05) is 12.8 Å². The minimum absolute atomic E-state index is 0.101. The molecule has 3 unspecified atom stereocenters. The summed E-state index contributed by atoms with van der Waals surface area (Å²) in [6, 6.07) is 8.23. The molecule has 1 fully saturated rings. The van der Waals surface area contributed by atoms with Gasteiger partial charge in [0.15, 0.2) is 17.4 Å². The Bertz CT molecular complexity index is 822. The molecule has 9 heteroatoms. The maximum atomic E-state index is 12.7. The van der Waals surface area contributed by atoms with Crippen LogP contribution in [0, 0.1) is 0 Å². The van der Waals surface area contributed by atoms with Crippen LogP contribution in [0.5, 0.6) is 5.75 Å². The van der Waals surface area contributed by atoms with Crippen molar-refractivity contribution in [3.63, 3.8) is 0 Å². The molecule has 0 aliphatic carbocycles. The van der Waals surface area contributed by atoms with Gasteiger partial charge in [-0.3, -0.25) is 10.1 Å². The summed E-state index contributed by atoms with van der Waals surface area (Å²) in [7, 11) is 1.64. The molecule has 0 saturated carbocycles. The van der Waals surface area contributed by atoms with Crippen LogP contribution in [0.1, 0.15) is 58.3 Å². The molecule has 3 atom stereocenters. The number of fused-ring (bicyclic) bond motifs is 1.